The van der Waals surface area contributed by atoms with Crippen LogP contribution in [0.25, 0.3) is 0 Å². The molecule has 0 radical (unpaired) electrons. The number of benzene rings is 1. The van der Waals surface area contributed by atoms with Crippen LogP contribution in [-0.4, -0.2) is 38.5 Å². The first-order chi connectivity index (χ1) is 9.88. The summed E-state index contributed by atoms with van der Waals surface area (Å²) in [5.41, 5.74) is 1.59. The molecule has 1 aromatic carbocycles. The number of hydrogen-bond acceptors (Lipinski definition) is 5. The molecule has 0 saturated carbocycles. The Balaban J connectivity index is 2.93. The molecule has 0 heterocycles. The van der Waals surface area contributed by atoms with E-state index in [1.807, 2.05) is 0 Å². The van der Waals surface area contributed by atoms with Gasteiger partial charge in [0.25, 0.3) is 0 Å². The van der Waals surface area contributed by atoms with Gasteiger partial charge >= 0.3 is 5.97 Å². The van der Waals surface area contributed by atoms with Gasteiger partial charge in [0.05, 0.1) is 12.3 Å². The van der Waals surface area contributed by atoms with E-state index in [4.69, 9.17) is 5.11 Å². The maximum Gasteiger partial charge on any atom is 0.323 e. The van der Waals surface area contributed by atoms with E-state index in [2.05, 4.69) is 21.3 Å². The second kappa shape index (κ2) is 7.67. The van der Waals surface area contributed by atoms with Crippen molar-refractivity contribution in [1.82, 2.24) is 0 Å². The smallest absolute Gasteiger partial charge is 0.323 e. The van der Waals surface area contributed by atoms with E-state index in [0.29, 0.717) is 16.8 Å². The summed E-state index contributed by atoms with van der Waals surface area (Å²) in [5.74, 6) is 3.61. The van der Waals surface area contributed by atoms with Gasteiger partial charge in [-0.15, -0.1) is 0 Å². The molecule has 2 N–H and O–H groups in total. The number of nitrogens with one attached hydrogen (secondary N) is 1. The zero-order chi connectivity index (χ0) is 15.9. The minimum atomic E-state index is -3.84. The van der Waals surface area contributed by atoms with Gasteiger partial charge in [-0.1, -0.05) is 17.9 Å². The van der Waals surface area contributed by atoms with Crippen molar-refractivity contribution in [3.05, 3.63) is 29.3 Å². The summed E-state index contributed by atoms with van der Waals surface area (Å²) < 4.78 is 30.7. The highest BCUT2D eigenvalue weighted by Crippen LogP contribution is 2.18. The normalized spacial score (nSPS) is 10.4. The lowest BCUT2D eigenvalue weighted by atomic mass is 10.1. The molecule has 0 aromatic heterocycles. The molecule has 21 heavy (non-hydrogen) atoms. The largest absolute Gasteiger partial charge is 0.465 e. The molecule has 0 fully saturated rings. The van der Waals surface area contributed by atoms with E-state index >= 15 is 0 Å². The number of rotatable bonds is 5. The maximum absolute atomic E-state index is 11.9. The molecule has 0 amide bonds. The number of aliphatic hydroxyl groups excluding tert-OH is 1. The van der Waals surface area contributed by atoms with Crippen LogP contribution in [-0.2, 0) is 19.6 Å². The summed E-state index contributed by atoms with van der Waals surface area (Å²) in [6.45, 7) is 3.17. The predicted molar refractivity (Wildman–Crippen MR) is 79.2 cm³/mol. The molecule has 114 valence electrons. The minimum absolute atomic E-state index is 0.125. The van der Waals surface area contributed by atoms with Gasteiger partial charge in [-0.2, -0.15) is 0 Å². The van der Waals surface area contributed by atoms with Crippen molar-refractivity contribution < 1.29 is 23.1 Å². The Hall–Kier alpha value is -2.04. The Morgan fingerprint density at radius 2 is 2.14 bits per heavy atom. The lowest BCUT2D eigenvalue weighted by Gasteiger charge is -2.10. The van der Waals surface area contributed by atoms with E-state index < -0.39 is 21.7 Å². The number of carbonyl (C=O) groups is 1. The molecule has 0 aliphatic carbocycles. The standard InChI is InChI=1S/C14H17NO5S/c1-3-20-14(17)10-21(18,19)15-13-9-12(5-4-8-16)7-6-11(13)2/h6-7,9,15-16H,3,8,10H2,1-2H3. The Kier molecular flexibility index (Phi) is 6.21. The minimum Gasteiger partial charge on any atom is -0.465 e. The Bertz CT molecular complexity index is 670. The van der Waals surface area contributed by atoms with Crippen molar-refractivity contribution in [1.29, 1.82) is 0 Å². The average molecular weight is 311 g/mol. The van der Waals surface area contributed by atoms with Gasteiger partial charge in [0.1, 0.15) is 6.61 Å². The van der Waals surface area contributed by atoms with Crippen LogP contribution in [0, 0.1) is 18.8 Å². The van der Waals surface area contributed by atoms with Gasteiger partial charge in [0.2, 0.25) is 10.0 Å². The third kappa shape index (κ3) is 5.85. The van der Waals surface area contributed by atoms with Crippen molar-refractivity contribution >= 4 is 21.7 Å². The predicted octanol–water partition coefficient (Wildman–Crippen LogP) is 0.644. The van der Waals surface area contributed by atoms with Crippen molar-refractivity contribution in [2.75, 3.05) is 23.7 Å². The molecular weight excluding hydrogens is 294 g/mol. The summed E-state index contributed by atoms with van der Waals surface area (Å²) in [7, 11) is -3.84. The first-order valence-corrected chi connectivity index (χ1v) is 7.89. The van der Waals surface area contributed by atoms with Crippen molar-refractivity contribution in [3.63, 3.8) is 0 Å². The van der Waals surface area contributed by atoms with Crippen LogP contribution in [0.4, 0.5) is 5.69 Å². The van der Waals surface area contributed by atoms with Crippen LogP contribution >= 0.6 is 0 Å². The molecule has 0 aliphatic heterocycles. The highest BCUT2D eigenvalue weighted by Gasteiger charge is 2.18. The molecule has 0 spiro atoms. The lowest BCUT2D eigenvalue weighted by Crippen LogP contribution is -2.24. The summed E-state index contributed by atoms with van der Waals surface area (Å²) in [4.78, 5) is 11.3. The van der Waals surface area contributed by atoms with Crippen LogP contribution in [0.1, 0.15) is 18.1 Å². The number of anilines is 1. The Morgan fingerprint density at radius 3 is 2.76 bits per heavy atom. The first kappa shape index (κ1) is 17.0. The SMILES string of the molecule is CCOC(=O)CS(=O)(=O)Nc1cc(C#CCO)ccc1C. The van der Waals surface area contributed by atoms with Crippen LogP contribution in [0.3, 0.4) is 0 Å². The van der Waals surface area contributed by atoms with Gasteiger partial charge in [-0.05, 0) is 31.5 Å². The van der Waals surface area contributed by atoms with Crippen LogP contribution in [0.5, 0.6) is 0 Å². The monoisotopic (exact) mass is 311 g/mol. The number of hydrogen-bond donors (Lipinski definition) is 2. The Labute approximate surface area is 124 Å². The highest BCUT2D eigenvalue weighted by molar-refractivity contribution is 7.93. The highest BCUT2D eigenvalue weighted by atomic mass is 32.2. The fourth-order valence-corrected chi connectivity index (χ4v) is 2.53. The molecule has 0 saturated heterocycles. The number of esters is 1. The molecule has 0 aliphatic rings. The van der Waals surface area contributed by atoms with Crippen LogP contribution in [0.15, 0.2) is 18.2 Å². The number of ether oxygens (including phenoxy) is 1. The lowest BCUT2D eigenvalue weighted by molar-refractivity contribution is -0.139. The van der Waals surface area contributed by atoms with Gasteiger partial charge in [0.15, 0.2) is 5.75 Å². The molecule has 0 atom stereocenters. The van der Waals surface area contributed by atoms with Gasteiger partial charge < -0.3 is 9.84 Å². The second-order valence-corrected chi connectivity index (χ2v) is 5.88. The molecular formula is C14H17NO5S. The molecule has 0 unspecified atom stereocenters. The second-order valence-electron chi connectivity index (χ2n) is 4.16. The van der Waals surface area contributed by atoms with Crippen molar-refractivity contribution in [2.45, 2.75) is 13.8 Å². The van der Waals surface area contributed by atoms with Crippen molar-refractivity contribution in [2.24, 2.45) is 0 Å². The maximum atomic E-state index is 11.9. The van der Waals surface area contributed by atoms with E-state index in [1.54, 1.807) is 32.0 Å². The van der Waals surface area contributed by atoms with Gasteiger partial charge in [-0.3, -0.25) is 9.52 Å². The van der Waals surface area contributed by atoms with Gasteiger partial charge in [0, 0.05) is 5.56 Å². The molecule has 0 bridgehead atoms. The van der Waals surface area contributed by atoms with Gasteiger partial charge in [-0.25, -0.2) is 8.42 Å². The van der Waals surface area contributed by atoms with Crippen molar-refractivity contribution in [3.8, 4) is 11.8 Å². The number of sulfonamides is 1. The number of carbonyl (C=O) groups excluding carboxylic acids is 1. The van der Waals surface area contributed by atoms with E-state index in [0.717, 1.165) is 0 Å². The first-order valence-electron chi connectivity index (χ1n) is 6.24. The van der Waals surface area contributed by atoms with E-state index in [9.17, 15) is 13.2 Å². The zero-order valence-electron chi connectivity index (χ0n) is 11.8. The van der Waals surface area contributed by atoms with E-state index in [-0.39, 0.29) is 13.2 Å². The quantitative estimate of drug-likeness (QED) is 0.615. The molecule has 6 nitrogen and oxygen atoms in total. The third-order valence-corrected chi connectivity index (χ3v) is 3.57. The van der Waals surface area contributed by atoms with E-state index in [1.165, 1.54) is 0 Å². The van der Waals surface area contributed by atoms with Crippen LogP contribution in [0.2, 0.25) is 0 Å². The summed E-state index contributed by atoms with van der Waals surface area (Å²) in [6.07, 6.45) is 0. The molecule has 7 heteroatoms. The topological polar surface area (TPSA) is 92.7 Å². The zero-order valence-corrected chi connectivity index (χ0v) is 12.7. The number of aryl methyl sites for hydroxylation is 1. The third-order valence-electron chi connectivity index (χ3n) is 2.43. The fraction of sp³-hybridized carbons (Fsp3) is 0.357. The number of aliphatic hydroxyl groups is 1. The summed E-state index contributed by atoms with van der Waals surface area (Å²) >= 11 is 0. The Morgan fingerprint density at radius 1 is 1.43 bits per heavy atom. The molecule has 1 aromatic rings. The fourth-order valence-electron chi connectivity index (χ4n) is 1.51. The van der Waals surface area contributed by atoms with Crippen LogP contribution < -0.4 is 4.72 Å². The summed E-state index contributed by atoms with van der Waals surface area (Å²) in [6, 6.07) is 4.95. The average Bonchev–Trinajstić information content (AvgIpc) is 2.39. The molecule has 1 rings (SSSR count). The summed E-state index contributed by atoms with van der Waals surface area (Å²) in [5, 5.41) is 8.65.